The molecule has 0 aliphatic carbocycles. The number of halogens is 1. The van der Waals surface area contributed by atoms with E-state index in [0.717, 1.165) is 25.1 Å². The molecule has 2 aromatic rings. The zero-order valence-corrected chi connectivity index (χ0v) is 10.6. The second-order valence-corrected chi connectivity index (χ2v) is 4.89. The molecule has 100 valence electrons. The molecule has 0 amide bonds. The first-order valence-corrected chi connectivity index (χ1v) is 6.56. The van der Waals surface area contributed by atoms with Crippen molar-refractivity contribution >= 4 is 0 Å². The highest BCUT2D eigenvalue weighted by molar-refractivity contribution is 5.21. The van der Waals surface area contributed by atoms with Crippen LogP contribution in [0.5, 0.6) is 0 Å². The molecule has 1 aliphatic rings. The van der Waals surface area contributed by atoms with Gasteiger partial charge in [-0.25, -0.2) is 14.1 Å². The van der Waals surface area contributed by atoms with Gasteiger partial charge in [0.1, 0.15) is 11.6 Å². The number of aliphatic hydroxyl groups excluding tert-OH is 1. The first-order valence-electron chi connectivity index (χ1n) is 6.56. The summed E-state index contributed by atoms with van der Waals surface area (Å²) >= 11 is 0. The van der Waals surface area contributed by atoms with Gasteiger partial charge < -0.3 is 5.11 Å². The van der Waals surface area contributed by atoms with Crippen molar-refractivity contribution in [2.75, 3.05) is 6.61 Å². The fourth-order valence-corrected chi connectivity index (χ4v) is 2.54. The van der Waals surface area contributed by atoms with Gasteiger partial charge in [0.05, 0.1) is 12.6 Å². The van der Waals surface area contributed by atoms with Crippen LogP contribution >= 0.6 is 0 Å². The molecule has 5 heteroatoms. The number of hydrogen-bond acceptors (Lipinski definition) is 3. The molecule has 0 bridgehead atoms. The number of nitrogens with zero attached hydrogens (tertiary/aromatic N) is 3. The maximum atomic E-state index is 13.6. The molecule has 0 fully saturated rings. The van der Waals surface area contributed by atoms with E-state index in [2.05, 4.69) is 10.1 Å². The molecule has 1 N–H and O–H groups in total. The SMILES string of the molecule is OCC1CCCc2nc(Cc3ccccc3F)nn21. The number of hydrogen-bond donors (Lipinski definition) is 1. The maximum Gasteiger partial charge on any atom is 0.155 e. The van der Waals surface area contributed by atoms with Gasteiger partial charge in [0, 0.05) is 12.8 Å². The summed E-state index contributed by atoms with van der Waals surface area (Å²) in [5.41, 5.74) is 0.603. The van der Waals surface area contributed by atoms with Gasteiger partial charge in [0.15, 0.2) is 5.82 Å². The summed E-state index contributed by atoms with van der Waals surface area (Å²) in [6, 6.07) is 6.70. The van der Waals surface area contributed by atoms with Gasteiger partial charge in [0.25, 0.3) is 0 Å². The van der Waals surface area contributed by atoms with Crippen molar-refractivity contribution in [1.82, 2.24) is 14.8 Å². The fraction of sp³-hybridized carbons (Fsp3) is 0.429. The van der Waals surface area contributed by atoms with Crippen LogP contribution in [0.2, 0.25) is 0 Å². The van der Waals surface area contributed by atoms with Crippen LogP contribution in [0.1, 0.15) is 36.1 Å². The Kier molecular flexibility index (Phi) is 3.29. The maximum absolute atomic E-state index is 13.6. The number of rotatable bonds is 3. The second kappa shape index (κ2) is 5.09. The van der Waals surface area contributed by atoms with Crippen molar-refractivity contribution in [3.05, 3.63) is 47.3 Å². The van der Waals surface area contributed by atoms with E-state index in [0.29, 0.717) is 17.8 Å². The van der Waals surface area contributed by atoms with Crippen molar-refractivity contribution in [3.63, 3.8) is 0 Å². The molecule has 2 heterocycles. The third kappa shape index (κ3) is 2.38. The third-order valence-corrected chi connectivity index (χ3v) is 3.55. The summed E-state index contributed by atoms with van der Waals surface area (Å²) in [5, 5.41) is 13.8. The van der Waals surface area contributed by atoms with Crippen LogP contribution in [0, 0.1) is 5.82 Å². The van der Waals surface area contributed by atoms with Crippen molar-refractivity contribution in [3.8, 4) is 0 Å². The highest BCUT2D eigenvalue weighted by atomic mass is 19.1. The summed E-state index contributed by atoms with van der Waals surface area (Å²) in [5.74, 6) is 1.30. The Balaban J connectivity index is 1.87. The van der Waals surface area contributed by atoms with Crippen LogP contribution in [0.25, 0.3) is 0 Å². The van der Waals surface area contributed by atoms with Crippen LogP contribution in [0.15, 0.2) is 24.3 Å². The van der Waals surface area contributed by atoms with Gasteiger partial charge in [-0.1, -0.05) is 18.2 Å². The van der Waals surface area contributed by atoms with Gasteiger partial charge in [-0.15, -0.1) is 0 Å². The van der Waals surface area contributed by atoms with Crippen LogP contribution in [0.3, 0.4) is 0 Å². The molecular formula is C14H16FN3O. The summed E-state index contributed by atoms with van der Waals surface area (Å²) in [6.45, 7) is 0.0789. The number of fused-ring (bicyclic) bond motifs is 1. The Labute approximate surface area is 110 Å². The van der Waals surface area contributed by atoms with Crippen LogP contribution in [0.4, 0.5) is 4.39 Å². The predicted molar refractivity (Wildman–Crippen MR) is 68.3 cm³/mol. The monoisotopic (exact) mass is 261 g/mol. The second-order valence-electron chi connectivity index (χ2n) is 4.89. The lowest BCUT2D eigenvalue weighted by Gasteiger charge is -2.20. The summed E-state index contributed by atoms with van der Waals surface area (Å²) < 4.78 is 15.4. The van der Waals surface area contributed by atoms with E-state index < -0.39 is 0 Å². The normalized spacial score (nSPS) is 18.3. The van der Waals surface area contributed by atoms with Crippen LogP contribution < -0.4 is 0 Å². The average Bonchev–Trinajstić information content (AvgIpc) is 2.83. The lowest BCUT2D eigenvalue weighted by molar-refractivity contribution is 0.195. The number of aryl methyl sites for hydroxylation is 1. The van der Waals surface area contributed by atoms with E-state index >= 15 is 0 Å². The van der Waals surface area contributed by atoms with Gasteiger partial charge >= 0.3 is 0 Å². The predicted octanol–water partition coefficient (Wildman–Crippen LogP) is 1.88. The van der Waals surface area contributed by atoms with E-state index in [9.17, 15) is 9.50 Å². The summed E-state index contributed by atoms with van der Waals surface area (Å²) in [7, 11) is 0. The first-order chi connectivity index (χ1) is 9.28. The fourth-order valence-electron chi connectivity index (χ4n) is 2.54. The lowest BCUT2D eigenvalue weighted by Crippen LogP contribution is -2.22. The lowest BCUT2D eigenvalue weighted by atomic mass is 10.1. The standard InChI is InChI=1S/C14H16FN3O/c15-12-6-2-1-4-10(12)8-13-16-14-7-3-5-11(9-19)18(14)17-13/h1-2,4,6,11,19H,3,5,7-9H2. The Bertz CT molecular complexity index is 582. The van der Waals surface area contributed by atoms with Crippen molar-refractivity contribution in [1.29, 1.82) is 0 Å². The van der Waals surface area contributed by atoms with E-state index in [1.807, 2.05) is 6.07 Å². The van der Waals surface area contributed by atoms with Crippen LogP contribution in [-0.2, 0) is 12.8 Å². The molecule has 1 aromatic carbocycles. The van der Waals surface area contributed by atoms with E-state index in [1.54, 1.807) is 16.8 Å². The van der Waals surface area contributed by atoms with Crippen molar-refractivity contribution in [2.45, 2.75) is 31.7 Å². The highest BCUT2D eigenvalue weighted by Gasteiger charge is 2.22. The Morgan fingerprint density at radius 1 is 1.37 bits per heavy atom. The van der Waals surface area contributed by atoms with Crippen molar-refractivity contribution < 1.29 is 9.50 Å². The highest BCUT2D eigenvalue weighted by Crippen LogP contribution is 2.23. The Morgan fingerprint density at radius 3 is 3.00 bits per heavy atom. The molecule has 0 spiro atoms. The minimum Gasteiger partial charge on any atom is -0.394 e. The molecule has 1 atom stereocenters. The number of aromatic nitrogens is 3. The third-order valence-electron chi connectivity index (χ3n) is 3.55. The van der Waals surface area contributed by atoms with Gasteiger partial charge in [-0.3, -0.25) is 0 Å². The first kappa shape index (κ1) is 12.3. The molecule has 1 unspecified atom stereocenters. The van der Waals surface area contributed by atoms with E-state index in [1.165, 1.54) is 6.07 Å². The largest absolute Gasteiger partial charge is 0.394 e. The molecular weight excluding hydrogens is 245 g/mol. The summed E-state index contributed by atoms with van der Waals surface area (Å²) in [6.07, 6.45) is 3.21. The zero-order valence-electron chi connectivity index (χ0n) is 10.6. The van der Waals surface area contributed by atoms with Crippen LogP contribution in [-0.4, -0.2) is 26.5 Å². The summed E-state index contributed by atoms with van der Waals surface area (Å²) in [4.78, 5) is 4.46. The van der Waals surface area contributed by atoms with Gasteiger partial charge in [0.2, 0.25) is 0 Å². The smallest absolute Gasteiger partial charge is 0.155 e. The molecule has 19 heavy (non-hydrogen) atoms. The zero-order chi connectivity index (χ0) is 13.2. The molecule has 0 radical (unpaired) electrons. The molecule has 1 aromatic heterocycles. The molecule has 1 aliphatic heterocycles. The van der Waals surface area contributed by atoms with Gasteiger partial charge in [-0.05, 0) is 24.5 Å². The molecule has 4 nitrogen and oxygen atoms in total. The van der Waals surface area contributed by atoms with Gasteiger partial charge in [-0.2, -0.15) is 5.10 Å². The van der Waals surface area contributed by atoms with E-state index in [4.69, 9.17) is 0 Å². The Hall–Kier alpha value is -1.75. The van der Waals surface area contributed by atoms with E-state index in [-0.39, 0.29) is 18.5 Å². The quantitative estimate of drug-likeness (QED) is 0.917. The Morgan fingerprint density at radius 2 is 2.21 bits per heavy atom. The molecule has 0 saturated heterocycles. The number of aliphatic hydroxyl groups is 1. The topological polar surface area (TPSA) is 50.9 Å². The number of benzene rings is 1. The molecule has 0 saturated carbocycles. The minimum absolute atomic E-state index is 0.0191. The average molecular weight is 261 g/mol. The molecule has 3 rings (SSSR count). The minimum atomic E-state index is -0.228. The van der Waals surface area contributed by atoms with Crippen molar-refractivity contribution in [2.24, 2.45) is 0 Å².